The van der Waals surface area contributed by atoms with E-state index in [1.807, 2.05) is 6.92 Å². The summed E-state index contributed by atoms with van der Waals surface area (Å²) in [6.07, 6.45) is 1.58. The number of phenols is 4. The third-order valence-electron chi connectivity index (χ3n) is 6.36. The summed E-state index contributed by atoms with van der Waals surface area (Å²) >= 11 is 0. The van der Waals surface area contributed by atoms with E-state index in [1.165, 1.54) is 18.2 Å². The molecule has 2 atom stereocenters. The van der Waals surface area contributed by atoms with Crippen molar-refractivity contribution in [1.29, 1.82) is 0 Å². The molecule has 0 bridgehead atoms. The highest BCUT2D eigenvalue weighted by Crippen LogP contribution is 2.57. The lowest BCUT2D eigenvalue weighted by Crippen LogP contribution is -2.16. The summed E-state index contributed by atoms with van der Waals surface area (Å²) in [6.45, 7) is 10.2. The first-order chi connectivity index (χ1) is 13.5. The molecular formula is C23H24O6. The summed E-state index contributed by atoms with van der Waals surface area (Å²) in [4.78, 5) is 13.1. The molecule has 0 unspecified atom stereocenters. The minimum absolute atomic E-state index is 0.0326. The van der Waals surface area contributed by atoms with E-state index in [2.05, 4.69) is 20.4 Å². The third kappa shape index (κ3) is 2.74. The van der Waals surface area contributed by atoms with Crippen molar-refractivity contribution in [3.8, 4) is 23.0 Å². The van der Waals surface area contributed by atoms with Crippen molar-refractivity contribution >= 4 is 21.9 Å². The molecule has 6 nitrogen and oxygen atoms in total. The van der Waals surface area contributed by atoms with E-state index in [4.69, 9.17) is 4.42 Å². The molecule has 6 heteroatoms. The molecule has 2 aromatic carbocycles. The van der Waals surface area contributed by atoms with Crippen LogP contribution in [0.15, 0.2) is 39.6 Å². The summed E-state index contributed by atoms with van der Waals surface area (Å²) < 4.78 is 5.59. The predicted octanol–water partition coefficient (Wildman–Crippen LogP) is 4.86. The van der Waals surface area contributed by atoms with Gasteiger partial charge in [-0.05, 0) is 49.1 Å². The smallest absolute Gasteiger partial charge is 0.204 e. The van der Waals surface area contributed by atoms with Crippen LogP contribution in [0.5, 0.6) is 23.0 Å². The van der Waals surface area contributed by atoms with Gasteiger partial charge in [0.1, 0.15) is 22.5 Å². The van der Waals surface area contributed by atoms with E-state index in [1.54, 1.807) is 0 Å². The summed E-state index contributed by atoms with van der Waals surface area (Å²) in [6, 6.07) is 3.81. The highest BCUT2D eigenvalue weighted by molar-refractivity contribution is 5.97. The minimum Gasteiger partial charge on any atom is -0.507 e. The molecule has 1 aromatic heterocycles. The number of phenolic OH excluding ortho intramolecular Hbond substituents is 4. The van der Waals surface area contributed by atoms with Gasteiger partial charge in [0, 0.05) is 11.6 Å². The lowest BCUT2D eigenvalue weighted by Gasteiger charge is -2.28. The Morgan fingerprint density at radius 2 is 1.83 bits per heavy atom. The number of fused-ring (bicyclic) bond motifs is 2. The fourth-order valence-electron chi connectivity index (χ4n) is 4.73. The second-order valence-corrected chi connectivity index (χ2v) is 8.80. The number of aromatic hydroxyl groups is 4. The number of hydrogen-bond donors (Lipinski definition) is 4. The van der Waals surface area contributed by atoms with Crippen LogP contribution in [0.2, 0.25) is 0 Å². The van der Waals surface area contributed by atoms with Crippen molar-refractivity contribution in [2.24, 2.45) is 11.3 Å². The van der Waals surface area contributed by atoms with Gasteiger partial charge in [-0.25, -0.2) is 0 Å². The largest absolute Gasteiger partial charge is 0.507 e. The van der Waals surface area contributed by atoms with Crippen molar-refractivity contribution in [1.82, 2.24) is 0 Å². The molecule has 1 fully saturated rings. The first kappa shape index (κ1) is 19.2. The van der Waals surface area contributed by atoms with Gasteiger partial charge in [-0.15, -0.1) is 0 Å². The van der Waals surface area contributed by atoms with Crippen LogP contribution < -0.4 is 5.43 Å². The standard InChI is InChI=1S/C23H24O6/c1-10(2)11-7-13(23(3,4)9-11)17-15(25)8-16-18(21(17)28)19(26)12-5-6-14(24)20(27)22(12)29-16/h5-6,8,11,13,24-25,27-28H,1,7,9H2,2-4H3/t11-,13+/m0/s1. The zero-order valence-electron chi connectivity index (χ0n) is 16.6. The van der Waals surface area contributed by atoms with Crippen LogP contribution in [-0.4, -0.2) is 20.4 Å². The number of benzene rings is 2. The van der Waals surface area contributed by atoms with Crippen molar-refractivity contribution in [3.05, 3.63) is 46.1 Å². The first-order valence-corrected chi connectivity index (χ1v) is 9.54. The molecule has 152 valence electrons. The Bertz CT molecular complexity index is 1230. The van der Waals surface area contributed by atoms with E-state index in [9.17, 15) is 25.2 Å². The molecule has 0 aliphatic heterocycles. The lowest BCUT2D eigenvalue weighted by atomic mass is 9.76. The zero-order chi connectivity index (χ0) is 21.2. The molecule has 0 spiro atoms. The Labute approximate surface area is 167 Å². The van der Waals surface area contributed by atoms with Crippen LogP contribution in [0, 0.1) is 11.3 Å². The van der Waals surface area contributed by atoms with E-state index >= 15 is 0 Å². The van der Waals surface area contributed by atoms with E-state index in [-0.39, 0.29) is 50.7 Å². The van der Waals surface area contributed by atoms with Gasteiger partial charge in [0.15, 0.2) is 11.3 Å². The Morgan fingerprint density at radius 1 is 1.14 bits per heavy atom. The molecule has 4 rings (SSSR count). The Kier molecular flexibility index (Phi) is 4.08. The van der Waals surface area contributed by atoms with Gasteiger partial charge in [0.05, 0.1) is 5.39 Å². The predicted molar refractivity (Wildman–Crippen MR) is 111 cm³/mol. The maximum Gasteiger partial charge on any atom is 0.204 e. The normalized spacial score (nSPS) is 21.1. The number of allylic oxidation sites excluding steroid dienone is 1. The fourth-order valence-corrected chi connectivity index (χ4v) is 4.73. The van der Waals surface area contributed by atoms with Crippen LogP contribution in [0.3, 0.4) is 0 Å². The summed E-state index contributed by atoms with van der Waals surface area (Å²) in [7, 11) is 0. The fraction of sp³-hybridized carbons (Fsp3) is 0.348. The van der Waals surface area contributed by atoms with Crippen LogP contribution in [0.4, 0.5) is 0 Å². The van der Waals surface area contributed by atoms with Crippen LogP contribution in [-0.2, 0) is 0 Å². The molecule has 1 aliphatic rings. The average Bonchev–Trinajstić information content (AvgIpc) is 2.94. The second-order valence-electron chi connectivity index (χ2n) is 8.80. The highest BCUT2D eigenvalue weighted by atomic mass is 16.4. The summed E-state index contributed by atoms with van der Waals surface area (Å²) in [5.41, 5.74) is 0.379. The van der Waals surface area contributed by atoms with Crippen LogP contribution in [0.1, 0.15) is 45.1 Å². The number of rotatable bonds is 2. The van der Waals surface area contributed by atoms with E-state index in [0.717, 1.165) is 12.0 Å². The monoisotopic (exact) mass is 396 g/mol. The highest BCUT2D eigenvalue weighted by Gasteiger charge is 2.44. The van der Waals surface area contributed by atoms with Crippen LogP contribution in [0.25, 0.3) is 21.9 Å². The first-order valence-electron chi connectivity index (χ1n) is 9.54. The van der Waals surface area contributed by atoms with Crippen molar-refractivity contribution in [2.45, 2.75) is 39.5 Å². The number of hydrogen-bond acceptors (Lipinski definition) is 6. The quantitative estimate of drug-likeness (QED) is 0.280. The molecule has 3 aromatic rings. The third-order valence-corrected chi connectivity index (χ3v) is 6.36. The zero-order valence-corrected chi connectivity index (χ0v) is 16.6. The van der Waals surface area contributed by atoms with Gasteiger partial charge in [-0.3, -0.25) is 4.79 Å². The molecule has 1 saturated carbocycles. The summed E-state index contributed by atoms with van der Waals surface area (Å²) in [5, 5.41) is 41.5. The lowest BCUT2D eigenvalue weighted by molar-refractivity contribution is 0.311. The average molecular weight is 396 g/mol. The van der Waals surface area contributed by atoms with Crippen molar-refractivity contribution in [2.75, 3.05) is 0 Å². The topological polar surface area (TPSA) is 111 Å². The molecular weight excluding hydrogens is 372 g/mol. The van der Waals surface area contributed by atoms with Crippen molar-refractivity contribution in [3.63, 3.8) is 0 Å². The van der Waals surface area contributed by atoms with Gasteiger partial charge in [-0.1, -0.05) is 26.0 Å². The van der Waals surface area contributed by atoms with Gasteiger partial charge < -0.3 is 24.8 Å². The SMILES string of the molecule is C=C(C)[C@H]1C[C@H](c2c(O)cc3oc4c(O)c(O)ccc4c(=O)c3c2O)C(C)(C)C1. The molecule has 0 radical (unpaired) electrons. The molecule has 0 saturated heterocycles. The Morgan fingerprint density at radius 3 is 2.45 bits per heavy atom. The van der Waals surface area contributed by atoms with Crippen molar-refractivity contribution < 1.29 is 24.8 Å². The Hall–Kier alpha value is -3.15. The van der Waals surface area contributed by atoms with E-state index in [0.29, 0.717) is 12.0 Å². The molecule has 1 heterocycles. The maximum absolute atomic E-state index is 13.1. The minimum atomic E-state index is -0.564. The van der Waals surface area contributed by atoms with Crippen LogP contribution >= 0.6 is 0 Å². The van der Waals surface area contributed by atoms with Gasteiger partial charge in [-0.2, -0.15) is 0 Å². The summed E-state index contributed by atoms with van der Waals surface area (Å²) in [5.74, 6) is -1.37. The molecule has 0 amide bonds. The van der Waals surface area contributed by atoms with E-state index < -0.39 is 16.9 Å². The second kappa shape index (κ2) is 6.17. The molecule has 29 heavy (non-hydrogen) atoms. The van der Waals surface area contributed by atoms with Gasteiger partial charge >= 0.3 is 0 Å². The molecule has 4 N–H and O–H groups in total. The van der Waals surface area contributed by atoms with Gasteiger partial charge in [0.2, 0.25) is 11.2 Å². The molecule has 1 aliphatic carbocycles. The maximum atomic E-state index is 13.1. The Balaban J connectivity index is 2.02. The van der Waals surface area contributed by atoms with Gasteiger partial charge in [0.25, 0.3) is 0 Å².